The van der Waals surface area contributed by atoms with E-state index < -0.39 is 17.0 Å². The van der Waals surface area contributed by atoms with Crippen molar-refractivity contribution in [2.24, 2.45) is 0 Å². The summed E-state index contributed by atoms with van der Waals surface area (Å²) in [4.78, 5) is 38.5. The summed E-state index contributed by atoms with van der Waals surface area (Å²) in [6.45, 7) is 2.36. The van der Waals surface area contributed by atoms with Gasteiger partial charge in [-0.05, 0) is 60.1 Å². The number of hydrogen-bond donors (Lipinski definition) is 0. The van der Waals surface area contributed by atoms with Gasteiger partial charge in [0.15, 0.2) is 0 Å². The van der Waals surface area contributed by atoms with Crippen LogP contribution >= 0.6 is 23.4 Å². The van der Waals surface area contributed by atoms with Gasteiger partial charge in [0.2, 0.25) is 0 Å². The molecule has 0 saturated carbocycles. The summed E-state index contributed by atoms with van der Waals surface area (Å²) in [7, 11) is 0. The number of furan rings is 1. The Morgan fingerprint density at radius 2 is 1.91 bits per heavy atom. The Kier molecular flexibility index (Phi) is 7.73. The molecular formula is C26H21ClFNO5S. The largest absolute Gasteiger partial charge is 0.462 e. The van der Waals surface area contributed by atoms with E-state index in [9.17, 15) is 18.8 Å². The average molecular weight is 514 g/mol. The van der Waals surface area contributed by atoms with E-state index in [1.807, 2.05) is 6.92 Å². The highest BCUT2D eigenvalue weighted by atomic mass is 35.5. The van der Waals surface area contributed by atoms with Crippen LogP contribution in [0.5, 0.6) is 0 Å². The second-order valence-corrected chi connectivity index (χ2v) is 9.17. The molecule has 1 aromatic heterocycles. The zero-order chi connectivity index (χ0) is 24.9. The number of carbonyl (C=O) groups is 3. The molecule has 0 aliphatic carbocycles. The van der Waals surface area contributed by atoms with E-state index in [1.165, 1.54) is 18.2 Å². The van der Waals surface area contributed by atoms with Crippen LogP contribution in [0, 0.1) is 5.82 Å². The third-order valence-corrected chi connectivity index (χ3v) is 6.51. The average Bonchev–Trinajstić information content (AvgIpc) is 3.41. The van der Waals surface area contributed by atoms with Crippen LogP contribution in [0.1, 0.15) is 41.4 Å². The van der Waals surface area contributed by atoms with Crippen LogP contribution in [-0.2, 0) is 16.1 Å². The fourth-order valence-electron chi connectivity index (χ4n) is 3.33. The zero-order valence-corrected chi connectivity index (χ0v) is 20.3. The summed E-state index contributed by atoms with van der Waals surface area (Å²) in [5, 5.41) is -0.307. The maximum atomic E-state index is 13.3. The fraction of sp³-hybridized carbons (Fsp3) is 0.192. The maximum Gasteiger partial charge on any atom is 0.338 e. The van der Waals surface area contributed by atoms with Gasteiger partial charge in [0.1, 0.15) is 17.3 Å². The van der Waals surface area contributed by atoms with Crippen molar-refractivity contribution in [3.8, 4) is 11.3 Å². The first-order chi connectivity index (χ1) is 16.9. The third kappa shape index (κ3) is 5.83. The lowest BCUT2D eigenvalue weighted by Gasteiger charge is -2.13. The fourth-order valence-corrected chi connectivity index (χ4v) is 4.38. The first-order valence-electron chi connectivity index (χ1n) is 10.9. The van der Waals surface area contributed by atoms with Crippen LogP contribution in [0.2, 0.25) is 5.02 Å². The van der Waals surface area contributed by atoms with Gasteiger partial charge in [-0.15, -0.1) is 0 Å². The number of amides is 2. The van der Waals surface area contributed by atoms with E-state index in [0.717, 1.165) is 41.1 Å². The molecule has 0 unspecified atom stereocenters. The minimum Gasteiger partial charge on any atom is -0.462 e. The van der Waals surface area contributed by atoms with Gasteiger partial charge in [-0.3, -0.25) is 14.5 Å². The van der Waals surface area contributed by atoms with Gasteiger partial charge in [0.25, 0.3) is 11.1 Å². The summed E-state index contributed by atoms with van der Waals surface area (Å²) in [5.41, 5.74) is 1.66. The standard InChI is InChI=1S/C26H21ClFNO5S/c1-2-3-12-33-25(31)17-6-4-16(5-7-17)22-11-10-20(34-22)14-23-24(30)29(26(32)35-23)15-18-8-9-19(28)13-21(18)27/h4-11,13-14H,2-3,12,15H2,1H3/b23-14+. The molecule has 1 aliphatic heterocycles. The molecule has 2 amide bonds. The van der Waals surface area contributed by atoms with Gasteiger partial charge in [0, 0.05) is 16.7 Å². The van der Waals surface area contributed by atoms with E-state index in [-0.39, 0.29) is 22.4 Å². The molecule has 2 aromatic carbocycles. The van der Waals surface area contributed by atoms with Crippen molar-refractivity contribution in [2.45, 2.75) is 26.3 Å². The summed E-state index contributed by atoms with van der Waals surface area (Å²) < 4.78 is 24.3. The molecule has 1 fully saturated rings. The smallest absolute Gasteiger partial charge is 0.338 e. The van der Waals surface area contributed by atoms with Crippen molar-refractivity contribution in [1.82, 2.24) is 4.90 Å². The first-order valence-corrected chi connectivity index (χ1v) is 12.1. The Bertz CT molecular complexity index is 1300. The zero-order valence-electron chi connectivity index (χ0n) is 18.8. The number of ether oxygens (including phenoxy) is 1. The van der Waals surface area contributed by atoms with Crippen molar-refractivity contribution in [3.63, 3.8) is 0 Å². The van der Waals surface area contributed by atoms with Crippen molar-refractivity contribution < 1.29 is 27.9 Å². The lowest BCUT2D eigenvalue weighted by atomic mass is 10.1. The highest BCUT2D eigenvalue weighted by Crippen LogP contribution is 2.35. The monoisotopic (exact) mass is 513 g/mol. The Balaban J connectivity index is 1.44. The van der Waals surface area contributed by atoms with E-state index in [0.29, 0.717) is 29.3 Å². The van der Waals surface area contributed by atoms with Crippen molar-refractivity contribution in [3.05, 3.63) is 87.2 Å². The molecule has 0 atom stereocenters. The van der Waals surface area contributed by atoms with Crippen molar-refractivity contribution >= 4 is 46.6 Å². The summed E-state index contributed by atoms with van der Waals surface area (Å²) in [5.74, 6) is -0.414. The summed E-state index contributed by atoms with van der Waals surface area (Å²) >= 11 is 6.83. The second-order valence-electron chi connectivity index (χ2n) is 7.77. The normalized spacial score (nSPS) is 14.7. The molecule has 3 aromatic rings. The minimum absolute atomic E-state index is 0.0578. The predicted molar refractivity (Wildman–Crippen MR) is 132 cm³/mol. The molecule has 4 rings (SSSR count). The summed E-state index contributed by atoms with van der Waals surface area (Å²) in [6, 6.07) is 14.1. The highest BCUT2D eigenvalue weighted by molar-refractivity contribution is 8.18. The van der Waals surface area contributed by atoms with E-state index in [4.69, 9.17) is 20.8 Å². The number of hydrogen-bond acceptors (Lipinski definition) is 6. The van der Waals surface area contributed by atoms with E-state index >= 15 is 0 Å². The van der Waals surface area contributed by atoms with Crippen LogP contribution < -0.4 is 0 Å². The molecule has 1 aliphatic rings. The molecule has 6 nitrogen and oxygen atoms in total. The topological polar surface area (TPSA) is 76.8 Å². The Labute approximate surface area is 210 Å². The molecule has 180 valence electrons. The van der Waals surface area contributed by atoms with Crippen molar-refractivity contribution in [2.75, 3.05) is 6.61 Å². The quantitative estimate of drug-likeness (QED) is 0.184. The van der Waals surface area contributed by atoms with Gasteiger partial charge in [-0.25, -0.2) is 9.18 Å². The molecule has 9 heteroatoms. The van der Waals surface area contributed by atoms with Gasteiger partial charge >= 0.3 is 5.97 Å². The Morgan fingerprint density at radius 3 is 2.63 bits per heavy atom. The highest BCUT2D eigenvalue weighted by Gasteiger charge is 2.35. The van der Waals surface area contributed by atoms with Gasteiger partial charge < -0.3 is 9.15 Å². The number of esters is 1. The number of thioether (sulfide) groups is 1. The van der Waals surface area contributed by atoms with E-state index in [1.54, 1.807) is 36.4 Å². The number of carbonyl (C=O) groups excluding carboxylic acids is 3. The second kappa shape index (κ2) is 10.9. The lowest BCUT2D eigenvalue weighted by Crippen LogP contribution is -2.27. The lowest BCUT2D eigenvalue weighted by molar-refractivity contribution is -0.123. The number of rotatable bonds is 8. The molecule has 2 heterocycles. The number of benzene rings is 2. The minimum atomic E-state index is -0.497. The molecule has 1 saturated heterocycles. The van der Waals surface area contributed by atoms with Crippen LogP contribution in [-0.4, -0.2) is 28.6 Å². The van der Waals surface area contributed by atoms with Crippen LogP contribution in [0.15, 0.2) is 63.9 Å². The first kappa shape index (κ1) is 24.8. The maximum absolute atomic E-state index is 13.3. The molecule has 0 N–H and O–H groups in total. The Hall–Kier alpha value is -3.36. The van der Waals surface area contributed by atoms with Crippen molar-refractivity contribution in [1.29, 1.82) is 0 Å². The number of halogens is 2. The number of imide groups is 1. The Morgan fingerprint density at radius 1 is 1.14 bits per heavy atom. The van der Waals surface area contributed by atoms with Crippen LogP contribution in [0.3, 0.4) is 0 Å². The molecule has 35 heavy (non-hydrogen) atoms. The number of nitrogens with zero attached hydrogens (tertiary/aromatic N) is 1. The predicted octanol–water partition coefficient (Wildman–Crippen LogP) is 6.93. The van der Waals surface area contributed by atoms with Crippen LogP contribution in [0.4, 0.5) is 9.18 Å². The van der Waals surface area contributed by atoms with Crippen LogP contribution in [0.25, 0.3) is 17.4 Å². The molecule has 0 spiro atoms. The molecule has 0 radical (unpaired) electrons. The summed E-state index contributed by atoms with van der Waals surface area (Å²) in [6.07, 6.45) is 3.26. The van der Waals surface area contributed by atoms with Gasteiger partial charge in [-0.1, -0.05) is 43.1 Å². The SMILES string of the molecule is CCCCOC(=O)c1ccc(-c2ccc(/C=C3/SC(=O)N(Cc4ccc(F)cc4Cl)C3=O)o2)cc1. The number of unbranched alkanes of at least 4 members (excludes halogenated alkanes) is 1. The van der Waals surface area contributed by atoms with Gasteiger partial charge in [-0.2, -0.15) is 0 Å². The molecule has 0 bridgehead atoms. The van der Waals surface area contributed by atoms with E-state index in [2.05, 4.69) is 0 Å². The third-order valence-electron chi connectivity index (χ3n) is 5.25. The molecular weight excluding hydrogens is 493 g/mol. The van der Waals surface area contributed by atoms with Gasteiger partial charge in [0.05, 0.1) is 23.6 Å².